The molecule has 0 nitrogen and oxygen atoms in total. The van der Waals surface area contributed by atoms with Crippen molar-refractivity contribution in [3.05, 3.63) is 0 Å². The zero-order valence-corrected chi connectivity index (χ0v) is 9.44. The van der Waals surface area contributed by atoms with Crippen molar-refractivity contribution in [2.75, 3.05) is 0 Å². The van der Waals surface area contributed by atoms with Crippen molar-refractivity contribution >= 4 is 0 Å². The standard InChI is InChI=1S/C11H19F3/c1-6(2)9-8(5)10(9,7(3)4)11(12,13)14/h6-9H,1-5H3. The third kappa shape index (κ3) is 1.28. The number of rotatable bonds is 2. The van der Waals surface area contributed by atoms with Crippen LogP contribution in [0.2, 0.25) is 0 Å². The van der Waals surface area contributed by atoms with Crippen LogP contribution in [0.5, 0.6) is 0 Å². The Hall–Kier alpha value is -0.210. The molecule has 0 aromatic heterocycles. The second kappa shape index (κ2) is 3.14. The van der Waals surface area contributed by atoms with Gasteiger partial charge in [-0.05, 0) is 23.7 Å². The molecule has 0 spiro atoms. The number of hydrogen-bond donors (Lipinski definition) is 0. The predicted molar refractivity (Wildman–Crippen MR) is 50.8 cm³/mol. The molecule has 0 aromatic carbocycles. The summed E-state index contributed by atoms with van der Waals surface area (Å²) in [5.74, 6) is -0.607. The van der Waals surface area contributed by atoms with E-state index in [1.807, 2.05) is 13.8 Å². The molecular formula is C11H19F3. The number of halogens is 3. The minimum absolute atomic E-state index is 0.119. The molecule has 1 fully saturated rings. The topological polar surface area (TPSA) is 0 Å². The summed E-state index contributed by atoms with van der Waals surface area (Å²) in [6.07, 6.45) is -4.05. The highest BCUT2D eigenvalue weighted by Crippen LogP contribution is 2.72. The molecule has 84 valence electrons. The normalized spacial score (nSPS) is 38.1. The van der Waals surface area contributed by atoms with Gasteiger partial charge in [0.15, 0.2) is 0 Å². The van der Waals surface area contributed by atoms with Crippen molar-refractivity contribution in [1.29, 1.82) is 0 Å². The van der Waals surface area contributed by atoms with E-state index in [2.05, 4.69) is 0 Å². The third-order valence-corrected chi connectivity index (χ3v) is 3.90. The molecule has 0 bridgehead atoms. The fraction of sp³-hybridized carbons (Fsp3) is 1.00. The van der Waals surface area contributed by atoms with E-state index in [0.717, 1.165) is 0 Å². The molecule has 0 aliphatic heterocycles. The summed E-state index contributed by atoms with van der Waals surface area (Å²) >= 11 is 0. The van der Waals surface area contributed by atoms with Crippen molar-refractivity contribution in [2.24, 2.45) is 29.1 Å². The van der Waals surface area contributed by atoms with Gasteiger partial charge in [0, 0.05) is 0 Å². The zero-order valence-electron chi connectivity index (χ0n) is 9.44. The molecule has 0 amide bonds. The van der Waals surface area contributed by atoms with Crippen molar-refractivity contribution in [1.82, 2.24) is 0 Å². The summed E-state index contributed by atoms with van der Waals surface area (Å²) in [5.41, 5.74) is -1.42. The second-order valence-electron chi connectivity index (χ2n) is 5.14. The summed E-state index contributed by atoms with van der Waals surface area (Å²) in [7, 11) is 0. The maximum absolute atomic E-state index is 13.0. The van der Waals surface area contributed by atoms with E-state index in [4.69, 9.17) is 0 Å². The lowest BCUT2D eigenvalue weighted by atomic mass is 9.85. The molecule has 3 unspecified atom stereocenters. The minimum Gasteiger partial charge on any atom is -0.170 e. The van der Waals surface area contributed by atoms with Gasteiger partial charge in [-0.15, -0.1) is 0 Å². The molecule has 0 radical (unpaired) electrons. The maximum Gasteiger partial charge on any atom is 0.395 e. The van der Waals surface area contributed by atoms with Gasteiger partial charge < -0.3 is 0 Å². The van der Waals surface area contributed by atoms with Gasteiger partial charge in [0.1, 0.15) is 0 Å². The SMILES string of the molecule is CC(C)C1C(C)C1(C(C)C)C(F)(F)F. The lowest BCUT2D eigenvalue weighted by Gasteiger charge is -2.26. The largest absolute Gasteiger partial charge is 0.395 e. The van der Waals surface area contributed by atoms with Gasteiger partial charge >= 0.3 is 6.18 Å². The van der Waals surface area contributed by atoms with Gasteiger partial charge in [0.25, 0.3) is 0 Å². The Bertz CT molecular complexity index is 217. The molecule has 1 aliphatic rings. The van der Waals surface area contributed by atoms with Crippen LogP contribution in [0.1, 0.15) is 34.6 Å². The molecular weight excluding hydrogens is 189 g/mol. The molecule has 1 aliphatic carbocycles. The Kier molecular flexibility index (Phi) is 2.66. The van der Waals surface area contributed by atoms with Crippen LogP contribution in [0, 0.1) is 29.1 Å². The number of alkyl halides is 3. The van der Waals surface area contributed by atoms with E-state index in [-0.39, 0.29) is 23.7 Å². The van der Waals surface area contributed by atoms with Crippen LogP contribution in [0.15, 0.2) is 0 Å². The highest BCUT2D eigenvalue weighted by Gasteiger charge is 2.77. The van der Waals surface area contributed by atoms with Crippen LogP contribution in [-0.2, 0) is 0 Å². The van der Waals surface area contributed by atoms with Gasteiger partial charge in [-0.1, -0.05) is 34.6 Å². The molecule has 1 saturated carbocycles. The molecule has 0 saturated heterocycles. The first-order chi connectivity index (χ1) is 6.17. The first-order valence-electron chi connectivity index (χ1n) is 5.24. The Labute approximate surface area is 83.9 Å². The Morgan fingerprint density at radius 2 is 1.50 bits per heavy atom. The van der Waals surface area contributed by atoms with Gasteiger partial charge in [-0.25, -0.2) is 0 Å². The van der Waals surface area contributed by atoms with Gasteiger partial charge in [0.05, 0.1) is 5.41 Å². The monoisotopic (exact) mass is 208 g/mol. The van der Waals surface area contributed by atoms with Crippen LogP contribution in [0.4, 0.5) is 13.2 Å². The molecule has 0 aromatic rings. The molecule has 3 atom stereocenters. The van der Waals surface area contributed by atoms with Gasteiger partial charge in [-0.2, -0.15) is 13.2 Å². The summed E-state index contributed by atoms with van der Waals surface area (Å²) in [4.78, 5) is 0. The van der Waals surface area contributed by atoms with Crippen molar-refractivity contribution < 1.29 is 13.2 Å². The highest BCUT2D eigenvalue weighted by atomic mass is 19.4. The Balaban J connectivity index is 3.01. The lowest BCUT2D eigenvalue weighted by molar-refractivity contribution is -0.210. The summed E-state index contributed by atoms with van der Waals surface area (Å²) in [6.45, 7) is 8.88. The number of hydrogen-bond acceptors (Lipinski definition) is 0. The zero-order chi connectivity index (χ0) is 11.3. The fourth-order valence-corrected chi connectivity index (χ4v) is 3.44. The summed E-state index contributed by atoms with van der Waals surface area (Å²) in [5, 5.41) is 0. The highest BCUT2D eigenvalue weighted by molar-refractivity contribution is 5.14. The van der Waals surface area contributed by atoms with Crippen LogP contribution < -0.4 is 0 Å². The average molecular weight is 208 g/mol. The van der Waals surface area contributed by atoms with E-state index in [1.165, 1.54) is 0 Å². The molecule has 14 heavy (non-hydrogen) atoms. The molecule has 0 heterocycles. The summed E-state index contributed by atoms with van der Waals surface area (Å²) in [6, 6.07) is 0. The second-order valence-corrected chi connectivity index (χ2v) is 5.14. The van der Waals surface area contributed by atoms with Crippen LogP contribution in [-0.4, -0.2) is 6.18 Å². The van der Waals surface area contributed by atoms with Crippen LogP contribution in [0.3, 0.4) is 0 Å². The fourth-order valence-electron chi connectivity index (χ4n) is 3.44. The average Bonchev–Trinajstić information content (AvgIpc) is 2.54. The third-order valence-electron chi connectivity index (χ3n) is 3.90. The first kappa shape index (κ1) is 11.9. The molecule has 1 rings (SSSR count). The van der Waals surface area contributed by atoms with Crippen molar-refractivity contribution in [3.63, 3.8) is 0 Å². The van der Waals surface area contributed by atoms with E-state index in [0.29, 0.717) is 0 Å². The first-order valence-corrected chi connectivity index (χ1v) is 5.24. The minimum atomic E-state index is -4.05. The smallest absolute Gasteiger partial charge is 0.170 e. The molecule has 3 heteroatoms. The lowest BCUT2D eigenvalue weighted by Crippen LogP contribution is -2.33. The van der Waals surface area contributed by atoms with Crippen LogP contribution >= 0.6 is 0 Å². The maximum atomic E-state index is 13.0. The quantitative estimate of drug-likeness (QED) is 0.640. The van der Waals surface area contributed by atoms with E-state index >= 15 is 0 Å². The summed E-state index contributed by atoms with van der Waals surface area (Å²) < 4.78 is 39.0. The molecule has 0 N–H and O–H groups in total. The van der Waals surface area contributed by atoms with Crippen molar-refractivity contribution in [3.8, 4) is 0 Å². The van der Waals surface area contributed by atoms with Crippen LogP contribution in [0.25, 0.3) is 0 Å². The predicted octanol–water partition coefficient (Wildman–Crippen LogP) is 4.11. The van der Waals surface area contributed by atoms with Gasteiger partial charge in [0.2, 0.25) is 0 Å². The van der Waals surface area contributed by atoms with E-state index < -0.39 is 11.6 Å². The Morgan fingerprint density at radius 3 is 1.57 bits per heavy atom. The van der Waals surface area contributed by atoms with E-state index in [9.17, 15) is 13.2 Å². The van der Waals surface area contributed by atoms with E-state index in [1.54, 1.807) is 20.8 Å². The van der Waals surface area contributed by atoms with Crippen molar-refractivity contribution in [2.45, 2.75) is 40.8 Å². The Morgan fingerprint density at radius 1 is 1.07 bits per heavy atom. The van der Waals surface area contributed by atoms with Gasteiger partial charge in [-0.3, -0.25) is 0 Å².